The minimum absolute atomic E-state index is 0.195. The summed E-state index contributed by atoms with van der Waals surface area (Å²) in [6.07, 6.45) is 0. The van der Waals surface area contributed by atoms with Gasteiger partial charge in [-0.05, 0) is 39.3 Å². The highest BCUT2D eigenvalue weighted by molar-refractivity contribution is 7.92. The first-order valence-electron chi connectivity index (χ1n) is 4.70. The van der Waals surface area contributed by atoms with Crippen LogP contribution in [0.2, 0.25) is 0 Å². The molecule has 0 atom stereocenters. The van der Waals surface area contributed by atoms with E-state index in [9.17, 15) is 13.5 Å². The summed E-state index contributed by atoms with van der Waals surface area (Å²) in [5.74, 6) is 0. The summed E-state index contributed by atoms with van der Waals surface area (Å²) in [6, 6.07) is 5.06. The van der Waals surface area contributed by atoms with Crippen LogP contribution in [-0.2, 0) is 9.84 Å². The van der Waals surface area contributed by atoms with E-state index in [1.54, 1.807) is 19.1 Å². The van der Waals surface area contributed by atoms with E-state index in [-0.39, 0.29) is 4.90 Å². The van der Waals surface area contributed by atoms with Crippen LogP contribution < -0.4 is 0 Å². The average molecular weight is 228 g/mol. The summed E-state index contributed by atoms with van der Waals surface area (Å²) in [5.41, 5.74) is 1.67. The molecule has 0 aliphatic heterocycles. The maximum Gasteiger partial charge on any atom is 0.207 e. The average Bonchev–Trinajstić information content (AvgIpc) is 2.00. The maximum atomic E-state index is 11.9. The summed E-state index contributed by atoms with van der Waals surface area (Å²) < 4.78 is 23.9. The molecule has 15 heavy (non-hydrogen) atoms. The molecule has 0 saturated carbocycles. The molecule has 0 aliphatic carbocycles. The summed E-state index contributed by atoms with van der Waals surface area (Å²) >= 11 is 0. The Hall–Kier alpha value is -0.870. The minimum Gasteiger partial charge on any atom is -0.374 e. The summed E-state index contributed by atoms with van der Waals surface area (Å²) in [5, 5.41) is 9.60. The summed E-state index contributed by atoms with van der Waals surface area (Å²) in [4.78, 5) is -1.55. The predicted octanol–water partition coefficient (Wildman–Crippen LogP) is 1.81. The van der Waals surface area contributed by atoms with Crippen molar-refractivity contribution in [3.8, 4) is 0 Å². The minimum atomic E-state index is -3.67. The molecule has 1 rings (SSSR count). The van der Waals surface area contributed by atoms with E-state index in [1.165, 1.54) is 19.9 Å². The molecule has 1 aromatic rings. The van der Waals surface area contributed by atoms with Gasteiger partial charge in [0.15, 0.2) is 4.93 Å². The molecule has 3 nitrogen and oxygen atoms in total. The van der Waals surface area contributed by atoms with Crippen LogP contribution in [-0.4, -0.2) is 18.5 Å². The normalized spacial score (nSPS) is 12.9. The first kappa shape index (κ1) is 12.2. The fourth-order valence-electron chi connectivity index (χ4n) is 1.37. The van der Waals surface area contributed by atoms with Crippen LogP contribution in [0.4, 0.5) is 0 Å². The Balaban J connectivity index is 3.42. The molecule has 0 spiro atoms. The number of rotatable bonds is 2. The topological polar surface area (TPSA) is 54.4 Å². The molecule has 0 aromatic heterocycles. The molecular formula is C11H16O3S. The number of benzene rings is 1. The number of aryl methyl sites for hydroxylation is 2. The zero-order chi connectivity index (χ0) is 11.9. The molecule has 4 heteroatoms. The Morgan fingerprint density at radius 1 is 1.20 bits per heavy atom. The van der Waals surface area contributed by atoms with Crippen LogP contribution in [0.25, 0.3) is 0 Å². The van der Waals surface area contributed by atoms with Gasteiger partial charge in [0.05, 0.1) is 4.90 Å². The molecule has 0 aliphatic rings. The van der Waals surface area contributed by atoms with Crippen LogP contribution in [0.5, 0.6) is 0 Å². The van der Waals surface area contributed by atoms with Gasteiger partial charge in [0, 0.05) is 0 Å². The van der Waals surface area contributed by atoms with Gasteiger partial charge in [0.25, 0.3) is 0 Å². The van der Waals surface area contributed by atoms with Crippen LogP contribution >= 0.6 is 0 Å². The van der Waals surface area contributed by atoms with Crippen LogP contribution in [0.3, 0.4) is 0 Å². The lowest BCUT2D eigenvalue weighted by molar-refractivity contribution is 0.165. The van der Waals surface area contributed by atoms with Crippen molar-refractivity contribution < 1.29 is 13.5 Å². The van der Waals surface area contributed by atoms with E-state index in [0.29, 0.717) is 5.56 Å². The van der Waals surface area contributed by atoms with Crippen molar-refractivity contribution in [1.29, 1.82) is 0 Å². The standard InChI is InChI=1S/C11H16O3S/c1-8-5-6-10(9(2)7-8)15(13,14)11(3,4)12/h5-7,12H,1-4H3. The molecule has 0 heterocycles. The lowest BCUT2D eigenvalue weighted by Gasteiger charge is -2.19. The molecular weight excluding hydrogens is 212 g/mol. The fraction of sp³-hybridized carbons (Fsp3) is 0.455. The number of sulfone groups is 1. The molecule has 84 valence electrons. The van der Waals surface area contributed by atoms with Gasteiger partial charge in [-0.15, -0.1) is 0 Å². The molecule has 0 fully saturated rings. The second kappa shape index (κ2) is 3.61. The summed E-state index contributed by atoms with van der Waals surface area (Å²) in [7, 11) is -3.67. The lowest BCUT2D eigenvalue weighted by Crippen LogP contribution is -2.31. The highest BCUT2D eigenvalue weighted by Gasteiger charge is 2.34. The van der Waals surface area contributed by atoms with Gasteiger partial charge in [-0.2, -0.15) is 0 Å². The Morgan fingerprint density at radius 2 is 1.73 bits per heavy atom. The van der Waals surface area contributed by atoms with Gasteiger partial charge in [-0.25, -0.2) is 8.42 Å². The molecule has 0 unspecified atom stereocenters. The molecule has 0 bridgehead atoms. The monoisotopic (exact) mass is 228 g/mol. The van der Waals surface area contributed by atoms with Crippen molar-refractivity contribution in [3.63, 3.8) is 0 Å². The lowest BCUT2D eigenvalue weighted by atomic mass is 10.2. The smallest absolute Gasteiger partial charge is 0.207 e. The van der Waals surface area contributed by atoms with Gasteiger partial charge >= 0.3 is 0 Å². The van der Waals surface area contributed by atoms with E-state index in [0.717, 1.165) is 5.56 Å². The van der Waals surface area contributed by atoms with E-state index in [4.69, 9.17) is 0 Å². The molecule has 0 radical (unpaired) electrons. The number of hydrogen-bond acceptors (Lipinski definition) is 3. The van der Waals surface area contributed by atoms with Crippen molar-refractivity contribution in [2.75, 3.05) is 0 Å². The van der Waals surface area contributed by atoms with Gasteiger partial charge in [0.2, 0.25) is 9.84 Å². The fourth-order valence-corrected chi connectivity index (χ4v) is 2.64. The van der Waals surface area contributed by atoms with Crippen molar-refractivity contribution >= 4 is 9.84 Å². The maximum absolute atomic E-state index is 11.9. The van der Waals surface area contributed by atoms with Crippen molar-refractivity contribution in [2.45, 2.75) is 37.5 Å². The second-order valence-electron chi connectivity index (χ2n) is 4.22. The number of aliphatic hydroxyl groups is 1. The zero-order valence-corrected chi connectivity index (χ0v) is 10.2. The Morgan fingerprint density at radius 3 is 2.13 bits per heavy atom. The van der Waals surface area contributed by atoms with Crippen molar-refractivity contribution in [1.82, 2.24) is 0 Å². The Kier molecular flexibility index (Phi) is 2.94. The highest BCUT2D eigenvalue weighted by atomic mass is 32.2. The first-order chi connectivity index (χ1) is 6.66. The third kappa shape index (κ3) is 2.21. The van der Waals surface area contributed by atoms with Gasteiger partial charge in [0.1, 0.15) is 0 Å². The largest absolute Gasteiger partial charge is 0.374 e. The molecule has 1 aromatic carbocycles. The van der Waals surface area contributed by atoms with Crippen molar-refractivity contribution in [3.05, 3.63) is 29.3 Å². The van der Waals surface area contributed by atoms with E-state index < -0.39 is 14.8 Å². The van der Waals surface area contributed by atoms with E-state index >= 15 is 0 Å². The van der Waals surface area contributed by atoms with Crippen LogP contribution in [0.1, 0.15) is 25.0 Å². The van der Waals surface area contributed by atoms with Crippen LogP contribution in [0, 0.1) is 13.8 Å². The van der Waals surface area contributed by atoms with Gasteiger partial charge in [-0.3, -0.25) is 0 Å². The Labute approximate surface area is 90.7 Å². The van der Waals surface area contributed by atoms with Crippen LogP contribution in [0.15, 0.2) is 23.1 Å². The van der Waals surface area contributed by atoms with Gasteiger partial charge in [-0.1, -0.05) is 17.7 Å². The van der Waals surface area contributed by atoms with E-state index in [1.807, 2.05) is 6.92 Å². The molecule has 0 saturated heterocycles. The third-order valence-corrected chi connectivity index (χ3v) is 4.63. The Bertz CT molecular complexity index is 467. The third-order valence-electron chi connectivity index (χ3n) is 2.28. The SMILES string of the molecule is Cc1ccc(S(=O)(=O)C(C)(C)O)c(C)c1. The van der Waals surface area contributed by atoms with E-state index in [2.05, 4.69) is 0 Å². The predicted molar refractivity (Wildman–Crippen MR) is 59.4 cm³/mol. The highest BCUT2D eigenvalue weighted by Crippen LogP contribution is 2.26. The zero-order valence-electron chi connectivity index (χ0n) is 9.40. The van der Waals surface area contributed by atoms with Crippen molar-refractivity contribution in [2.24, 2.45) is 0 Å². The van der Waals surface area contributed by atoms with Gasteiger partial charge < -0.3 is 5.11 Å². The molecule has 0 amide bonds. The molecule has 1 N–H and O–H groups in total. The number of hydrogen-bond donors (Lipinski definition) is 1. The first-order valence-corrected chi connectivity index (χ1v) is 6.19. The second-order valence-corrected chi connectivity index (χ2v) is 6.66. The quantitative estimate of drug-likeness (QED) is 0.839. The summed E-state index contributed by atoms with van der Waals surface area (Å²) in [6.45, 7) is 6.18.